The van der Waals surface area contributed by atoms with Crippen molar-refractivity contribution in [1.29, 1.82) is 0 Å². The van der Waals surface area contributed by atoms with Gasteiger partial charge < -0.3 is 0 Å². The third kappa shape index (κ3) is 18.7. The van der Waals surface area contributed by atoms with Gasteiger partial charge in [0.15, 0.2) is 0 Å². The Kier molecular flexibility index (Phi) is 20.4. The Bertz CT molecular complexity index is 141. The fourth-order valence-electron chi connectivity index (χ4n) is 2.17. The van der Waals surface area contributed by atoms with Crippen LogP contribution in [-0.2, 0) is 0 Å². The van der Waals surface area contributed by atoms with Crippen LogP contribution in [0, 0.1) is 0 Å². The molecule has 0 bridgehead atoms. The Morgan fingerprint density at radius 3 is 1.05 bits per heavy atom. The molecule has 0 rings (SSSR count). The van der Waals surface area contributed by atoms with E-state index in [1.54, 1.807) is 0 Å². The lowest BCUT2D eigenvalue weighted by Crippen LogP contribution is -1.87. The van der Waals surface area contributed by atoms with Crippen molar-refractivity contribution < 1.29 is 0 Å². The molecule has 0 radical (unpaired) electrons. The Labute approximate surface area is 137 Å². The van der Waals surface area contributed by atoms with Crippen LogP contribution in [0.3, 0.4) is 0 Å². The second kappa shape index (κ2) is 19.7. The minimum atomic E-state index is 1.35. The molecule has 0 unspecified atom stereocenters. The van der Waals surface area contributed by atoms with Crippen LogP contribution in [-0.4, -0.2) is 23.0 Å². The van der Waals surface area contributed by atoms with Gasteiger partial charge in [0.1, 0.15) is 0 Å². The van der Waals surface area contributed by atoms with Gasteiger partial charge in [0.25, 0.3) is 0 Å². The molecule has 122 valence electrons. The fourth-order valence-corrected chi connectivity index (χ4v) is 4.38. The molecule has 0 aliphatic heterocycles. The first-order valence-electron chi connectivity index (χ1n) is 9.07. The number of unbranched alkanes of at least 4 members (excludes halogenated alkanes) is 9. The van der Waals surface area contributed by atoms with Crippen LogP contribution >= 0.6 is 23.5 Å². The molecular weight excluding hydrogens is 280 g/mol. The van der Waals surface area contributed by atoms with Crippen LogP contribution in [0.2, 0.25) is 0 Å². The van der Waals surface area contributed by atoms with Crippen molar-refractivity contribution in [3.8, 4) is 0 Å². The topological polar surface area (TPSA) is 0 Å². The first kappa shape index (κ1) is 20.7. The van der Waals surface area contributed by atoms with Gasteiger partial charge in [0.05, 0.1) is 0 Å². The molecule has 0 spiro atoms. The highest BCUT2D eigenvalue weighted by Crippen LogP contribution is 2.13. The molecule has 0 saturated carbocycles. The minimum Gasteiger partial charge on any atom is -0.162 e. The van der Waals surface area contributed by atoms with Crippen LogP contribution in [0.1, 0.15) is 90.9 Å². The summed E-state index contributed by atoms with van der Waals surface area (Å²) < 4.78 is 0. The SMILES string of the molecule is CCCCSCCCCCCCCCCSCCCC. The Morgan fingerprint density at radius 2 is 0.700 bits per heavy atom. The van der Waals surface area contributed by atoms with Crippen LogP contribution in [0.5, 0.6) is 0 Å². The van der Waals surface area contributed by atoms with E-state index < -0.39 is 0 Å². The molecule has 0 aromatic rings. The number of hydrogen-bond acceptors (Lipinski definition) is 2. The van der Waals surface area contributed by atoms with Gasteiger partial charge in [-0.15, -0.1) is 0 Å². The summed E-state index contributed by atoms with van der Waals surface area (Å²) in [4.78, 5) is 0. The van der Waals surface area contributed by atoms with Crippen LogP contribution in [0.4, 0.5) is 0 Å². The molecule has 0 amide bonds. The largest absolute Gasteiger partial charge is 0.162 e. The maximum Gasteiger partial charge on any atom is -0.00675 e. The summed E-state index contributed by atoms with van der Waals surface area (Å²) in [5.74, 6) is 5.56. The first-order chi connectivity index (χ1) is 9.91. The number of thioether (sulfide) groups is 2. The lowest BCUT2D eigenvalue weighted by atomic mass is 10.1. The van der Waals surface area contributed by atoms with E-state index in [-0.39, 0.29) is 0 Å². The van der Waals surface area contributed by atoms with Gasteiger partial charge in [-0.05, 0) is 48.7 Å². The highest BCUT2D eigenvalue weighted by atomic mass is 32.2. The van der Waals surface area contributed by atoms with Gasteiger partial charge in [-0.3, -0.25) is 0 Å². The number of hydrogen-bond donors (Lipinski definition) is 0. The smallest absolute Gasteiger partial charge is 0.00675 e. The molecule has 0 fully saturated rings. The highest BCUT2D eigenvalue weighted by Gasteiger charge is 1.94. The summed E-state index contributed by atoms with van der Waals surface area (Å²) in [5.41, 5.74) is 0. The van der Waals surface area contributed by atoms with Crippen molar-refractivity contribution in [3.05, 3.63) is 0 Å². The predicted octanol–water partition coefficient (Wildman–Crippen LogP) is 7.17. The quantitative estimate of drug-likeness (QED) is 0.261. The second-order valence-corrected chi connectivity index (χ2v) is 8.21. The Morgan fingerprint density at radius 1 is 0.400 bits per heavy atom. The maximum atomic E-state index is 2.28. The summed E-state index contributed by atoms with van der Waals surface area (Å²) in [7, 11) is 0. The fraction of sp³-hybridized carbons (Fsp3) is 1.00. The van der Waals surface area contributed by atoms with Crippen molar-refractivity contribution in [2.24, 2.45) is 0 Å². The minimum absolute atomic E-state index is 1.35. The average molecular weight is 319 g/mol. The lowest BCUT2D eigenvalue weighted by Gasteiger charge is -2.03. The molecule has 20 heavy (non-hydrogen) atoms. The van der Waals surface area contributed by atoms with Crippen molar-refractivity contribution in [2.45, 2.75) is 90.9 Å². The van der Waals surface area contributed by atoms with Gasteiger partial charge in [0, 0.05) is 0 Å². The number of rotatable bonds is 17. The monoisotopic (exact) mass is 318 g/mol. The predicted molar refractivity (Wildman–Crippen MR) is 101 cm³/mol. The molecule has 0 N–H and O–H groups in total. The zero-order valence-electron chi connectivity index (χ0n) is 14.1. The van der Waals surface area contributed by atoms with E-state index in [0.29, 0.717) is 0 Å². The van der Waals surface area contributed by atoms with E-state index in [1.165, 1.54) is 100 Å². The summed E-state index contributed by atoms with van der Waals surface area (Å²) in [5, 5.41) is 0. The molecular formula is C18H38S2. The molecule has 0 aromatic heterocycles. The molecule has 0 saturated heterocycles. The van der Waals surface area contributed by atoms with Gasteiger partial charge in [-0.2, -0.15) is 23.5 Å². The zero-order chi connectivity index (χ0) is 14.7. The highest BCUT2D eigenvalue weighted by molar-refractivity contribution is 7.99. The van der Waals surface area contributed by atoms with Crippen LogP contribution in [0.25, 0.3) is 0 Å². The summed E-state index contributed by atoms with van der Waals surface area (Å²) >= 11 is 4.32. The van der Waals surface area contributed by atoms with Crippen molar-refractivity contribution in [1.82, 2.24) is 0 Å². The van der Waals surface area contributed by atoms with Crippen molar-refractivity contribution in [2.75, 3.05) is 23.0 Å². The normalized spacial score (nSPS) is 11.1. The van der Waals surface area contributed by atoms with E-state index in [9.17, 15) is 0 Å². The first-order valence-corrected chi connectivity index (χ1v) is 11.4. The standard InChI is InChI=1S/C18H38S2/c1-3-5-15-19-17-13-11-9-7-8-10-12-14-18-20-16-6-4-2/h3-18H2,1-2H3. The molecule has 0 aliphatic rings. The zero-order valence-corrected chi connectivity index (χ0v) is 15.8. The van der Waals surface area contributed by atoms with Crippen molar-refractivity contribution >= 4 is 23.5 Å². The third-order valence-corrected chi connectivity index (χ3v) is 5.92. The lowest BCUT2D eigenvalue weighted by molar-refractivity contribution is 0.587. The Hall–Kier alpha value is 0.700. The molecule has 0 nitrogen and oxygen atoms in total. The third-order valence-electron chi connectivity index (χ3n) is 3.61. The van der Waals surface area contributed by atoms with Gasteiger partial charge in [-0.25, -0.2) is 0 Å². The van der Waals surface area contributed by atoms with Gasteiger partial charge in [-0.1, -0.05) is 65.2 Å². The van der Waals surface area contributed by atoms with E-state index >= 15 is 0 Å². The van der Waals surface area contributed by atoms with Gasteiger partial charge >= 0.3 is 0 Å². The second-order valence-electron chi connectivity index (χ2n) is 5.76. The molecule has 0 aliphatic carbocycles. The summed E-state index contributed by atoms with van der Waals surface area (Å²) in [6.07, 6.45) is 17.2. The van der Waals surface area contributed by atoms with E-state index in [2.05, 4.69) is 37.4 Å². The molecule has 0 aromatic carbocycles. The van der Waals surface area contributed by atoms with Gasteiger partial charge in [0.2, 0.25) is 0 Å². The summed E-state index contributed by atoms with van der Waals surface area (Å²) in [6, 6.07) is 0. The van der Waals surface area contributed by atoms with Crippen LogP contribution in [0.15, 0.2) is 0 Å². The Balaban J connectivity index is 2.89. The van der Waals surface area contributed by atoms with Crippen molar-refractivity contribution in [3.63, 3.8) is 0 Å². The van der Waals surface area contributed by atoms with E-state index in [4.69, 9.17) is 0 Å². The molecule has 0 atom stereocenters. The van der Waals surface area contributed by atoms with E-state index in [0.717, 1.165) is 0 Å². The molecule has 0 heterocycles. The average Bonchev–Trinajstić information content (AvgIpc) is 2.47. The van der Waals surface area contributed by atoms with Crippen LogP contribution < -0.4 is 0 Å². The molecule has 2 heteroatoms. The van der Waals surface area contributed by atoms with E-state index in [1.807, 2.05) is 0 Å². The maximum absolute atomic E-state index is 2.28. The summed E-state index contributed by atoms with van der Waals surface area (Å²) in [6.45, 7) is 4.56.